The Balaban J connectivity index is 1.89. The van der Waals surface area contributed by atoms with E-state index >= 15 is 0 Å². The van der Waals surface area contributed by atoms with Gasteiger partial charge >= 0.3 is 5.97 Å². The molecule has 0 bridgehead atoms. The standard InChI is InChI=1S/C15H17N3O3/c1-9(2)18-12-7-11(4-3-10(12)8-16-18)17-13(19)15(5-6-15)14(20)21/h3-4,7-9H,5-6H2,1-2H3,(H,17,19)(H,20,21). The number of nitrogens with one attached hydrogen (secondary N) is 1. The Kier molecular flexibility index (Phi) is 2.97. The number of amides is 1. The number of rotatable bonds is 4. The third-order valence-corrected chi connectivity index (χ3v) is 3.94. The van der Waals surface area contributed by atoms with Gasteiger partial charge in [-0.15, -0.1) is 0 Å². The summed E-state index contributed by atoms with van der Waals surface area (Å²) >= 11 is 0. The lowest BCUT2D eigenvalue weighted by Crippen LogP contribution is -2.31. The predicted molar refractivity (Wildman–Crippen MR) is 78.1 cm³/mol. The number of carboxylic acids is 1. The van der Waals surface area contributed by atoms with Crippen molar-refractivity contribution < 1.29 is 14.7 Å². The first-order chi connectivity index (χ1) is 9.94. The highest BCUT2D eigenvalue weighted by molar-refractivity contribution is 6.11. The molecule has 1 saturated carbocycles. The van der Waals surface area contributed by atoms with Crippen LogP contribution in [0.15, 0.2) is 24.4 Å². The van der Waals surface area contributed by atoms with E-state index in [0.717, 1.165) is 10.9 Å². The first kappa shape index (κ1) is 13.6. The number of hydrogen-bond donors (Lipinski definition) is 2. The summed E-state index contributed by atoms with van der Waals surface area (Å²) in [6, 6.07) is 5.68. The van der Waals surface area contributed by atoms with Gasteiger partial charge in [0.15, 0.2) is 0 Å². The van der Waals surface area contributed by atoms with Crippen LogP contribution < -0.4 is 5.32 Å². The lowest BCUT2D eigenvalue weighted by molar-refractivity contribution is -0.147. The number of carbonyl (C=O) groups excluding carboxylic acids is 1. The zero-order valence-corrected chi connectivity index (χ0v) is 12.0. The summed E-state index contributed by atoms with van der Waals surface area (Å²) in [4.78, 5) is 23.3. The van der Waals surface area contributed by atoms with Crippen LogP contribution in [-0.2, 0) is 9.59 Å². The third kappa shape index (κ3) is 2.16. The van der Waals surface area contributed by atoms with Gasteiger partial charge in [0.2, 0.25) is 5.91 Å². The second kappa shape index (κ2) is 4.58. The number of carboxylic acid groups (broad SMARTS) is 1. The Bertz CT molecular complexity index is 729. The molecule has 1 aromatic carbocycles. The molecule has 0 spiro atoms. The molecule has 2 N–H and O–H groups in total. The predicted octanol–water partition coefficient (Wildman–Crippen LogP) is 2.42. The van der Waals surface area contributed by atoms with E-state index in [0.29, 0.717) is 18.5 Å². The van der Waals surface area contributed by atoms with Gasteiger partial charge in [-0.25, -0.2) is 0 Å². The maximum absolute atomic E-state index is 12.1. The minimum Gasteiger partial charge on any atom is -0.480 e. The quantitative estimate of drug-likeness (QED) is 0.846. The molecule has 0 atom stereocenters. The highest BCUT2D eigenvalue weighted by Gasteiger charge is 2.57. The van der Waals surface area contributed by atoms with Crippen molar-refractivity contribution in [3.63, 3.8) is 0 Å². The van der Waals surface area contributed by atoms with E-state index in [2.05, 4.69) is 10.4 Å². The molecule has 1 fully saturated rings. The summed E-state index contributed by atoms with van der Waals surface area (Å²) in [5, 5.41) is 17.1. The van der Waals surface area contributed by atoms with Gasteiger partial charge in [0.05, 0.1) is 11.7 Å². The summed E-state index contributed by atoms with van der Waals surface area (Å²) in [6.07, 6.45) is 2.58. The maximum atomic E-state index is 12.1. The molecule has 110 valence electrons. The zero-order valence-electron chi connectivity index (χ0n) is 12.0. The summed E-state index contributed by atoms with van der Waals surface area (Å²) < 4.78 is 1.87. The van der Waals surface area contributed by atoms with Crippen LogP contribution in [0.2, 0.25) is 0 Å². The molecule has 0 saturated heterocycles. The number of hydrogen-bond acceptors (Lipinski definition) is 3. The first-order valence-corrected chi connectivity index (χ1v) is 6.96. The summed E-state index contributed by atoms with van der Waals surface area (Å²) in [7, 11) is 0. The van der Waals surface area contributed by atoms with Gasteiger partial charge in [-0.2, -0.15) is 5.10 Å². The van der Waals surface area contributed by atoms with Gasteiger partial charge in [-0.1, -0.05) is 0 Å². The van der Waals surface area contributed by atoms with Crippen LogP contribution in [0.5, 0.6) is 0 Å². The molecular formula is C15H17N3O3. The highest BCUT2D eigenvalue weighted by Crippen LogP contribution is 2.46. The van der Waals surface area contributed by atoms with E-state index in [-0.39, 0.29) is 6.04 Å². The van der Waals surface area contributed by atoms with Crippen LogP contribution in [-0.4, -0.2) is 26.8 Å². The smallest absolute Gasteiger partial charge is 0.319 e. The van der Waals surface area contributed by atoms with Crippen molar-refractivity contribution in [3.8, 4) is 0 Å². The first-order valence-electron chi connectivity index (χ1n) is 6.96. The van der Waals surface area contributed by atoms with Crippen molar-refractivity contribution >= 4 is 28.5 Å². The number of aliphatic carboxylic acids is 1. The van der Waals surface area contributed by atoms with E-state index in [1.807, 2.05) is 30.7 Å². The fourth-order valence-electron chi connectivity index (χ4n) is 2.44. The van der Waals surface area contributed by atoms with Gasteiger partial charge < -0.3 is 10.4 Å². The van der Waals surface area contributed by atoms with Gasteiger partial charge in [-0.3, -0.25) is 14.3 Å². The van der Waals surface area contributed by atoms with Gasteiger partial charge in [0, 0.05) is 17.1 Å². The Hall–Kier alpha value is -2.37. The molecular weight excluding hydrogens is 270 g/mol. The van der Waals surface area contributed by atoms with Crippen molar-refractivity contribution in [1.29, 1.82) is 0 Å². The molecule has 0 aliphatic heterocycles. The van der Waals surface area contributed by atoms with Crippen LogP contribution in [0.3, 0.4) is 0 Å². The van der Waals surface area contributed by atoms with Crippen LogP contribution in [0.1, 0.15) is 32.7 Å². The number of benzene rings is 1. The molecule has 1 heterocycles. The Morgan fingerprint density at radius 1 is 1.38 bits per heavy atom. The van der Waals surface area contributed by atoms with Gasteiger partial charge in [-0.05, 0) is 44.9 Å². The summed E-state index contributed by atoms with van der Waals surface area (Å²) in [6.45, 7) is 4.06. The van der Waals surface area contributed by atoms with Crippen molar-refractivity contribution in [2.45, 2.75) is 32.7 Å². The second-order valence-corrected chi connectivity index (χ2v) is 5.80. The monoisotopic (exact) mass is 287 g/mol. The van der Waals surface area contributed by atoms with Crippen LogP contribution in [0.25, 0.3) is 10.9 Å². The highest BCUT2D eigenvalue weighted by atomic mass is 16.4. The van der Waals surface area contributed by atoms with Crippen LogP contribution in [0, 0.1) is 5.41 Å². The van der Waals surface area contributed by atoms with Gasteiger partial charge in [0.1, 0.15) is 5.41 Å². The summed E-state index contributed by atoms with van der Waals surface area (Å²) in [5.41, 5.74) is 0.290. The Labute approximate surface area is 121 Å². The lowest BCUT2D eigenvalue weighted by atomic mass is 10.1. The molecule has 1 aliphatic rings. The molecule has 0 unspecified atom stereocenters. The number of aromatic nitrogens is 2. The van der Waals surface area contributed by atoms with Crippen molar-refractivity contribution in [2.75, 3.05) is 5.32 Å². The average Bonchev–Trinajstić information content (AvgIpc) is 3.13. The minimum absolute atomic E-state index is 0.210. The topological polar surface area (TPSA) is 84.2 Å². The minimum atomic E-state index is -1.23. The molecule has 1 amide bonds. The molecule has 0 radical (unpaired) electrons. The molecule has 1 aliphatic carbocycles. The van der Waals surface area contributed by atoms with E-state index in [1.54, 1.807) is 12.3 Å². The Morgan fingerprint density at radius 2 is 2.10 bits per heavy atom. The number of carbonyl (C=O) groups is 2. The van der Waals surface area contributed by atoms with E-state index in [4.69, 9.17) is 5.11 Å². The van der Waals surface area contributed by atoms with Gasteiger partial charge in [0.25, 0.3) is 0 Å². The van der Waals surface area contributed by atoms with Crippen molar-refractivity contribution in [1.82, 2.24) is 9.78 Å². The Morgan fingerprint density at radius 3 is 2.67 bits per heavy atom. The largest absolute Gasteiger partial charge is 0.480 e. The number of fused-ring (bicyclic) bond motifs is 1. The van der Waals surface area contributed by atoms with Crippen LogP contribution >= 0.6 is 0 Å². The lowest BCUT2D eigenvalue weighted by Gasteiger charge is -2.12. The maximum Gasteiger partial charge on any atom is 0.319 e. The number of nitrogens with zero attached hydrogens (tertiary/aromatic N) is 2. The molecule has 2 aromatic rings. The molecule has 1 aromatic heterocycles. The van der Waals surface area contributed by atoms with Crippen LogP contribution in [0.4, 0.5) is 5.69 Å². The summed E-state index contributed by atoms with van der Waals surface area (Å²) in [5.74, 6) is -1.49. The zero-order chi connectivity index (χ0) is 15.2. The third-order valence-electron chi connectivity index (χ3n) is 3.94. The molecule has 6 heteroatoms. The average molecular weight is 287 g/mol. The van der Waals surface area contributed by atoms with Crippen molar-refractivity contribution in [3.05, 3.63) is 24.4 Å². The van der Waals surface area contributed by atoms with Crippen molar-refractivity contribution in [2.24, 2.45) is 5.41 Å². The second-order valence-electron chi connectivity index (χ2n) is 5.80. The van der Waals surface area contributed by atoms with E-state index < -0.39 is 17.3 Å². The SMILES string of the molecule is CC(C)n1ncc2ccc(NC(=O)C3(C(=O)O)CC3)cc21. The molecule has 6 nitrogen and oxygen atoms in total. The molecule has 3 rings (SSSR count). The fraction of sp³-hybridized carbons (Fsp3) is 0.400. The fourth-order valence-corrected chi connectivity index (χ4v) is 2.44. The normalized spacial score (nSPS) is 16.1. The number of anilines is 1. The van der Waals surface area contributed by atoms with E-state index in [9.17, 15) is 9.59 Å². The molecule has 21 heavy (non-hydrogen) atoms. The van der Waals surface area contributed by atoms with E-state index in [1.165, 1.54) is 0 Å².